The predicted molar refractivity (Wildman–Crippen MR) is 98.7 cm³/mol. The van der Waals surface area contributed by atoms with E-state index in [2.05, 4.69) is 5.32 Å². The van der Waals surface area contributed by atoms with E-state index >= 15 is 0 Å². The van der Waals surface area contributed by atoms with E-state index in [1.54, 1.807) is 6.07 Å². The molecule has 1 aliphatic rings. The van der Waals surface area contributed by atoms with E-state index in [4.69, 9.17) is 19.9 Å². The third-order valence-electron chi connectivity index (χ3n) is 5.09. The largest absolute Gasteiger partial charge is 0.493 e. The minimum Gasteiger partial charge on any atom is -0.493 e. The highest BCUT2D eigenvalue weighted by molar-refractivity contribution is 6.02. The van der Waals surface area contributed by atoms with Gasteiger partial charge in [-0.25, -0.2) is 4.79 Å². The maximum atomic E-state index is 12.7. The van der Waals surface area contributed by atoms with E-state index in [0.717, 1.165) is 25.7 Å². The number of rotatable bonds is 7. The Bertz CT molecular complexity index is 654. The summed E-state index contributed by atoms with van der Waals surface area (Å²) in [5, 5.41) is 2.83. The highest BCUT2D eigenvalue weighted by Crippen LogP contribution is 2.39. The van der Waals surface area contributed by atoms with Crippen molar-refractivity contribution in [1.29, 1.82) is 0 Å². The summed E-state index contributed by atoms with van der Waals surface area (Å²) in [5.41, 5.74) is 6.36. The number of nitrogens with one attached hydrogen (secondary N) is 1. The highest BCUT2D eigenvalue weighted by atomic mass is 16.5. The van der Waals surface area contributed by atoms with Crippen molar-refractivity contribution < 1.29 is 23.8 Å². The zero-order valence-electron chi connectivity index (χ0n) is 15.7. The van der Waals surface area contributed by atoms with Crippen LogP contribution in [-0.2, 0) is 9.53 Å². The van der Waals surface area contributed by atoms with Crippen LogP contribution in [0.5, 0.6) is 11.5 Å². The van der Waals surface area contributed by atoms with Gasteiger partial charge in [0.05, 0.1) is 32.6 Å². The van der Waals surface area contributed by atoms with Crippen LogP contribution in [0.3, 0.4) is 0 Å². The number of esters is 1. The molecular weight excluding hydrogens is 336 g/mol. The number of hydrogen-bond acceptors (Lipinski definition) is 6. The van der Waals surface area contributed by atoms with Gasteiger partial charge in [-0.15, -0.1) is 0 Å². The van der Waals surface area contributed by atoms with Gasteiger partial charge < -0.3 is 25.3 Å². The third-order valence-corrected chi connectivity index (χ3v) is 5.09. The number of methoxy groups -OCH3 is 3. The van der Waals surface area contributed by atoms with E-state index in [-0.39, 0.29) is 16.9 Å². The monoisotopic (exact) mass is 364 g/mol. The first kappa shape index (κ1) is 20.0. The van der Waals surface area contributed by atoms with E-state index in [1.807, 2.05) is 0 Å². The number of nitrogens with two attached hydrogens (primary N) is 1. The summed E-state index contributed by atoms with van der Waals surface area (Å²) in [6, 6.07) is 3.07. The molecule has 0 bridgehead atoms. The van der Waals surface area contributed by atoms with Crippen molar-refractivity contribution in [1.82, 2.24) is 0 Å². The second-order valence-electron chi connectivity index (χ2n) is 6.73. The summed E-state index contributed by atoms with van der Waals surface area (Å²) in [6.45, 7) is 0.482. The van der Waals surface area contributed by atoms with Crippen LogP contribution in [-0.4, -0.2) is 39.8 Å². The molecule has 1 aromatic carbocycles. The van der Waals surface area contributed by atoms with Gasteiger partial charge in [-0.3, -0.25) is 4.79 Å². The summed E-state index contributed by atoms with van der Waals surface area (Å²) in [4.78, 5) is 24.8. The quantitative estimate of drug-likeness (QED) is 0.722. The molecule has 0 atom stereocenters. The Kier molecular flexibility index (Phi) is 6.85. The molecule has 1 aromatic rings. The van der Waals surface area contributed by atoms with Crippen molar-refractivity contribution in [2.75, 3.05) is 33.2 Å². The molecule has 2 rings (SSSR count). The molecule has 1 fully saturated rings. The average molecular weight is 364 g/mol. The first-order valence-electron chi connectivity index (χ1n) is 8.83. The number of carbonyl (C=O) groups excluding carboxylic acids is 2. The molecule has 1 amide bonds. The Hall–Kier alpha value is -2.28. The van der Waals surface area contributed by atoms with Gasteiger partial charge in [0.15, 0.2) is 11.5 Å². The van der Waals surface area contributed by atoms with Crippen LogP contribution in [0.25, 0.3) is 0 Å². The first-order chi connectivity index (χ1) is 12.5. The van der Waals surface area contributed by atoms with E-state index in [1.165, 1.54) is 33.8 Å². The summed E-state index contributed by atoms with van der Waals surface area (Å²) in [6.07, 6.45) is 5.60. The predicted octanol–water partition coefficient (Wildman–Crippen LogP) is 2.73. The standard InChI is InChI=1S/C19H28N2O5/c1-24-15-9-13(18(23)26-3)14(10-16(15)25-2)21-17(22)11-19(12-20)7-5-4-6-8-19/h9-10H,4-8,11-12,20H2,1-3H3,(H,21,22). The van der Waals surface area contributed by atoms with Crippen LogP contribution < -0.4 is 20.5 Å². The molecule has 144 valence electrons. The fraction of sp³-hybridized carbons (Fsp3) is 0.579. The number of hydrogen-bond donors (Lipinski definition) is 2. The number of carbonyl (C=O) groups is 2. The second-order valence-corrected chi connectivity index (χ2v) is 6.73. The zero-order valence-corrected chi connectivity index (χ0v) is 15.7. The first-order valence-corrected chi connectivity index (χ1v) is 8.83. The Balaban J connectivity index is 2.26. The van der Waals surface area contributed by atoms with Crippen LogP contribution in [0.1, 0.15) is 48.9 Å². The van der Waals surface area contributed by atoms with Crippen LogP contribution in [0.4, 0.5) is 5.69 Å². The molecule has 1 saturated carbocycles. The van der Waals surface area contributed by atoms with Crippen molar-refractivity contribution >= 4 is 17.6 Å². The summed E-state index contributed by atoms with van der Waals surface area (Å²) >= 11 is 0. The van der Waals surface area contributed by atoms with Gasteiger partial charge in [0, 0.05) is 18.6 Å². The van der Waals surface area contributed by atoms with E-state index in [9.17, 15) is 9.59 Å². The maximum Gasteiger partial charge on any atom is 0.340 e. The SMILES string of the molecule is COC(=O)c1cc(OC)c(OC)cc1NC(=O)CC1(CN)CCCCC1. The molecule has 0 spiro atoms. The van der Waals surface area contributed by atoms with Gasteiger partial charge >= 0.3 is 5.97 Å². The molecule has 0 radical (unpaired) electrons. The summed E-state index contributed by atoms with van der Waals surface area (Å²) in [7, 11) is 4.26. The van der Waals surface area contributed by atoms with Crippen molar-refractivity contribution in [2.24, 2.45) is 11.1 Å². The lowest BCUT2D eigenvalue weighted by Crippen LogP contribution is -2.36. The van der Waals surface area contributed by atoms with Gasteiger partial charge in [-0.05, 0) is 24.8 Å². The Labute approximate surface area is 154 Å². The van der Waals surface area contributed by atoms with Crippen molar-refractivity contribution in [3.8, 4) is 11.5 Å². The normalized spacial score (nSPS) is 15.8. The lowest BCUT2D eigenvalue weighted by atomic mass is 9.71. The van der Waals surface area contributed by atoms with Crippen molar-refractivity contribution in [3.05, 3.63) is 17.7 Å². The number of ether oxygens (including phenoxy) is 3. The number of anilines is 1. The molecular formula is C19H28N2O5. The summed E-state index contributed by atoms with van der Waals surface area (Å²) < 4.78 is 15.3. The second kappa shape index (κ2) is 8.89. The Morgan fingerprint density at radius 3 is 2.23 bits per heavy atom. The molecule has 1 aliphatic carbocycles. The fourth-order valence-electron chi connectivity index (χ4n) is 3.55. The van der Waals surface area contributed by atoms with Crippen molar-refractivity contribution in [2.45, 2.75) is 38.5 Å². The van der Waals surface area contributed by atoms with Gasteiger partial charge in [-0.1, -0.05) is 19.3 Å². The molecule has 0 aliphatic heterocycles. The van der Waals surface area contributed by atoms with Crippen LogP contribution in [0, 0.1) is 5.41 Å². The zero-order chi connectivity index (χ0) is 19.2. The fourth-order valence-corrected chi connectivity index (χ4v) is 3.55. The lowest BCUT2D eigenvalue weighted by molar-refractivity contribution is -0.118. The highest BCUT2D eigenvalue weighted by Gasteiger charge is 2.33. The third kappa shape index (κ3) is 4.46. The molecule has 0 unspecified atom stereocenters. The lowest BCUT2D eigenvalue weighted by Gasteiger charge is -2.35. The van der Waals surface area contributed by atoms with Gasteiger partial charge in [-0.2, -0.15) is 0 Å². The van der Waals surface area contributed by atoms with Crippen LogP contribution in [0.2, 0.25) is 0 Å². The van der Waals surface area contributed by atoms with E-state index in [0.29, 0.717) is 30.2 Å². The molecule has 26 heavy (non-hydrogen) atoms. The Morgan fingerprint density at radius 2 is 1.69 bits per heavy atom. The Morgan fingerprint density at radius 1 is 1.08 bits per heavy atom. The molecule has 0 aromatic heterocycles. The van der Waals surface area contributed by atoms with Crippen LogP contribution in [0.15, 0.2) is 12.1 Å². The number of benzene rings is 1. The molecule has 0 heterocycles. The van der Waals surface area contributed by atoms with E-state index < -0.39 is 5.97 Å². The number of amides is 1. The topological polar surface area (TPSA) is 99.9 Å². The van der Waals surface area contributed by atoms with Gasteiger partial charge in [0.25, 0.3) is 0 Å². The average Bonchev–Trinajstić information content (AvgIpc) is 2.67. The summed E-state index contributed by atoms with van der Waals surface area (Å²) in [5.74, 6) is 0.0699. The molecule has 0 saturated heterocycles. The minimum absolute atomic E-state index is 0.162. The maximum absolute atomic E-state index is 12.7. The van der Waals surface area contributed by atoms with Crippen molar-refractivity contribution in [3.63, 3.8) is 0 Å². The minimum atomic E-state index is -0.563. The molecule has 3 N–H and O–H groups in total. The smallest absolute Gasteiger partial charge is 0.340 e. The molecule has 7 nitrogen and oxygen atoms in total. The van der Waals surface area contributed by atoms with Gasteiger partial charge in [0.1, 0.15) is 0 Å². The van der Waals surface area contributed by atoms with Gasteiger partial charge in [0.2, 0.25) is 5.91 Å². The van der Waals surface area contributed by atoms with Crippen LogP contribution >= 0.6 is 0 Å². The molecule has 7 heteroatoms.